The minimum Gasteiger partial charge on any atom is -0.364 e. The average Bonchev–Trinajstić information content (AvgIpc) is 3.17. The fourth-order valence-electron chi connectivity index (χ4n) is 2.27. The van der Waals surface area contributed by atoms with Crippen molar-refractivity contribution in [3.05, 3.63) is 22.4 Å². The molecule has 5 nitrogen and oxygen atoms in total. The molecule has 1 aliphatic rings. The van der Waals surface area contributed by atoms with Crippen molar-refractivity contribution < 1.29 is 9.53 Å². The van der Waals surface area contributed by atoms with Crippen LogP contribution in [0.5, 0.6) is 0 Å². The summed E-state index contributed by atoms with van der Waals surface area (Å²) < 4.78 is 5.58. The van der Waals surface area contributed by atoms with Gasteiger partial charge in [0.1, 0.15) is 6.10 Å². The summed E-state index contributed by atoms with van der Waals surface area (Å²) >= 11 is 3.13. The van der Waals surface area contributed by atoms with E-state index in [0.29, 0.717) is 11.7 Å². The number of hydrogen-bond acceptors (Lipinski definition) is 6. The number of anilines is 1. The van der Waals surface area contributed by atoms with Gasteiger partial charge in [0.2, 0.25) is 0 Å². The van der Waals surface area contributed by atoms with Crippen molar-refractivity contribution >= 4 is 46.1 Å². The number of ether oxygens (including phenoxy) is 1. The van der Waals surface area contributed by atoms with Gasteiger partial charge in [-0.1, -0.05) is 0 Å². The van der Waals surface area contributed by atoms with E-state index in [1.54, 1.807) is 11.3 Å². The van der Waals surface area contributed by atoms with E-state index in [1.165, 1.54) is 16.2 Å². The van der Waals surface area contributed by atoms with Crippen LogP contribution in [0.25, 0.3) is 10.6 Å². The maximum absolute atomic E-state index is 12.1. The molecule has 1 saturated heterocycles. The van der Waals surface area contributed by atoms with Gasteiger partial charge in [-0.25, -0.2) is 4.98 Å². The number of rotatable bonds is 4. The molecule has 2 aromatic rings. The van der Waals surface area contributed by atoms with Crippen molar-refractivity contribution in [3.8, 4) is 10.6 Å². The zero-order chi connectivity index (χ0) is 14.8. The van der Waals surface area contributed by atoms with Crippen LogP contribution in [0, 0.1) is 6.92 Å². The van der Waals surface area contributed by atoms with E-state index in [-0.39, 0.29) is 24.4 Å². The summed E-state index contributed by atoms with van der Waals surface area (Å²) in [5, 5.41) is 5.40. The second kappa shape index (κ2) is 7.52. The number of carbonyl (C=O) groups excluding carboxylic acids is 1. The van der Waals surface area contributed by atoms with E-state index >= 15 is 0 Å². The summed E-state index contributed by atoms with van der Waals surface area (Å²) in [7, 11) is 0. The second-order valence-corrected chi connectivity index (χ2v) is 7.14. The fourth-order valence-corrected chi connectivity index (χ4v) is 3.89. The highest BCUT2D eigenvalue weighted by atomic mass is 35.5. The van der Waals surface area contributed by atoms with Crippen LogP contribution in [0.4, 0.5) is 5.13 Å². The minimum absolute atomic E-state index is 0. The first kappa shape index (κ1) is 17.4. The molecule has 0 unspecified atom stereocenters. The third kappa shape index (κ3) is 3.85. The molecule has 3 heterocycles. The van der Waals surface area contributed by atoms with Gasteiger partial charge in [-0.05, 0) is 31.9 Å². The fraction of sp³-hybridized carbons (Fsp3) is 0.429. The molecule has 0 bridgehead atoms. The molecule has 0 saturated carbocycles. The number of aryl methyl sites for hydroxylation is 1. The van der Waals surface area contributed by atoms with Gasteiger partial charge in [0.25, 0.3) is 5.91 Å². The predicted octanol–water partition coefficient (Wildman–Crippen LogP) is 3.05. The molecule has 120 valence electrons. The highest BCUT2D eigenvalue weighted by molar-refractivity contribution is 7.17. The maximum Gasteiger partial charge on any atom is 0.255 e. The Labute approximate surface area is 143 Å². The van der Waals surface area contributed by atoms with E-state index in [2.05, 4.69) is 23.3 Å². The topological polar surface area (TPSA) is 77.2 Å². The number of amides is 1. The van der Waals surface area contributed by atoms with Gasteiger partial charge >= 0.3 is 0 Å². The van der Waals surface area contributed by atoms with Crippen molar-refractivity contribution in [1.82, 2.24) is 4.98 Å². The summed E-state index contributed by atoms with van der Waals surface area (Å²) in [6.45, 7) is 2.53. The van der Waals surface area contributed by atoms with E-state index in [4.69, 9.17) is 10.5 Å². The summed E-state index contributed by atoms with van der Waals surface area (Å²) in [6.07, 6.45) is 1.15. The van der Waals surface area contributed by atoms with Crippen LogP contribution in [0.15, 0.2) is 17.5 Å². The summed E-state index contributed by atoms with van der Waals surface area (Å²) in [5.41, 5.74) is 6.46. The SMILES string of the molecule is Cc1ccc(-c2csc(NC(=O)[C@@H]3CC[C@H](CN)O3)n2)s1.Cl. The van der Waals surface area contributed by atoms with Crippen molar-refractivity contribution in [1.29, 1.82) is 0 Å². The van der Waals surface area contributed by atoms with Crippen molar-refractivity contribution in [2.75, 3.05) is 11.9 Å². The van der Waals surface area contributed by atoms with Gasteiger partial charge in [0.05, 0.1) is 16.7 Å². The number of nitrogens with two attached hydrogens (primary N) is 1. The molecule has 0 aromatic carbocycles. The lowest BCUT2D eigenvalue weighted by Gasteiger charge is -2.11. The average molecular weight is 360 g/mol. The van der Waals surface area contributed by atoms with E-state index in [1.807, 2.05) is 11.4 Å². The van der Waals surface area contributed by atoms with Gasteiger partial charge in [-0.2, -0.15) is 0 Å². The lowest BCUT2D eigenvalue weighted by Crippen LogP contribution is -2.29. The molecule has 1 aliphatic heterocycles. The normalized spacial score (nSPS) is 20.6. The number of hydrogen-bond donors (Lipinski definition) is 2. The number of carbonyl (C=O) groups is 1. The first-order valence-electron chi connectivity index (χ1n) is 6.84. The molecular weight excluding hydrogens is 342 g/mol. The van der Waals surface area contributed by atoms with Crippen LogP contribution in [-0.4, -0.2) is 29.6 Å². The van der Waals surface area contributed by atoms with Crippen LogP contribution in [0.1, 0.15) is 17.7 Å². The standard InChI is InChI=1S/C14H17N3O2S2.ClH/c1-8-2-5-12(21-8)10-7-20-14(16-10)17-13(18)11-4-3-9(6-15)19-11;/h2,5,7,9,11H,3-4,6,15H2,1H3,(H,16,17,18);1H/t9-,11+;/m1./s1. The third-order valence-electron chi connectivity index (χ3n) is 3.39. The molecule has 0 aliphatic carbocycles. The van der Waals surface area contributed by atoms with E-state index < -0.39 is 6.10 Å². The Kier molecular flexibility index (Phi) is 5.94. The number of nitrogens with zero attached hydrogens (tertiary/aromatic N) is 1. The largest absolute Gasteiger partial charge is 0.364 e. The number of thiophene rings is 1. The molecule has 2 atom stereocenters. The number of thiazole rings is 1. The molecule has 8 heteroatoms. The number of aromatic nitrogens is 1. The Morgan fingerprint density at radius 1 is 1.50 bits per heavy atom. The highest BCUT2D eigenvalue weighted by Crippen LogP contribution is 2.30. The lowest BCUT2D eigenvalue weighted by atomic mass is 10.2. The molecule has 2 aromatic heterocycles. The highest BCUT2D eigenvalue weighted by Gasteiger charge is 2.30. The second-order valence-electron chi connectivity index (χ2n) is 5.00. The lowest BCUT2D eigenvalue weighted by molar-refractivity contribution is -0.126. The van der Waals surface area contributed by atoms with E-state index in [0.717, 1.165) is 23.4 Å². The van der Waals surface area contributed by atoms with Gasteiger partial charge in [-0.3, -0.25) is 10.1 Å². The first-order valence-corrected chi connectivity index (χ1v) is 8.54. The molecule has 3 rings (SSSR count). The first-order chi connectivity index (χ1) is 10.2. The van der Waals surface area contributed by atoms with Crippen LogP contribution in [0.3, 0.4) is 0 Å². The van der Waals surface area contributed by atoms with Gasteiger partial charge in [0.15, 0.2) is 5.13 Å². The smallest absolute Gasteiger partial charge is 0.255 e. The van der Waals surface area contributed by atoms with Crippen LogP contribution in [0.2, 0.25) is 0 Å². The quantitative estimate of drug-likeness (QED) is 0.879. The molecule has 0 spiro atoms. The third-order valence-corrected chi connectivity index (χ3v) is 5.17. The van der Waals surface area contributed by atoms with Gasteiger partial charge in [-0.15, -0.1) is 35.1 Å². The maximum atomic E-state index is 12.1. The molecule has 0 radical (unpaired) electrons. The zero-order valence-electron chi connectivity index (χ0n) is 12.1. The number of nitrogens with one attached hydrogen (secondary N) is 1. The van der Waals surface area contributed by atoms with Crippen molar-refractivity contribution in [3.63, 3.8) is 0 Å². The number of halogens is 1. The predicted molar refractivity (Wildman–Crippen MR) is 93.0 cm³/mol. The monoisotopic (exact) mass is 359 g/mol. The Hall–Kier alpha value is -0.990. The summed E-state index contributed by atoms with van der Waals surface area (Å²) in [4.78, 5) is 18.9. The van der Waals surface area contributed by atoms with Gasteiger partial charge < -0.3 is 10.5 Å². The van der Waals surface area contributed by atoms with Crippen LogP contribution in [-0.2, 0) is 9.53 Å². The Morgan fingerprint density at radius 3 is 2.95 bits per heavy atom. The Bertz CT molecular complexity index is 644. The zero-order valence-corrected chi connectivity index (χ0v) is 14.5. The molecule has 3 N–H and O–H groups in total. The van der Waals surface area contributed by atoms with E-state index in [9.17, 15) is 4.79 Å². The van der Waals surface area contributed by atoms with Crippen molar-refractivity contribution in [2.24, 2.45) is 5.73 Å². The Morgan fingerprint density at radius 2 is 2.32 bits per heavy atom. The molecule has 1 fully saturated rings. The Balaban J connectivity index is 0.00000176. The van der Waals surface area contributed by atoms with Gasteiger partial charge in [0, 0.05) is 16.8 Å². The van der Waals surface area contributed by atoms with Crippen LogP contribution >= 0.6 is 35.1 Å². The molecule has 1 amide bonds. The summed E-state index contributed by atoms with van der Waals surface area (Å²) in [6, 6.07) is 4.11. The molecule has 22 heavy (non-hydrogen) atoms. The minimum atomic E-state index is -0.408. The summed E-state index contributed by atoms with van der Waals surface area (Å²) in [5.74, 6) is -0.130. The van der Waals surface area contributed by atoms with Crippen LogP contribution < -0.4 is 11.1 Å². The molecular formula is C14H18ClN3O2S2. The van der Waals surface area contributed by atoms with Crippen molar-refractivity contribution in [2.45, 2.75) is 32.0 Å².